The van der Waals surface area contributed by atoms with Crippen molar-refractivity contribution in [2.45, 2.75) is 6.61 Å². The van der Waals surface area contributed by atoms with Gasteiger partial charge in [0.05, 0.1) is 18.5 Å². The summed E-state index contributed by atoms with van der Waals surface area (Å²) in [5, 5.41) is 13.5. The third kappa shape index (κ3) is 1.52. The standard InChI is InChI=1S/C10H9ClN2O/c11-10-8(7-14)6-12-13(10)9-4-2-1-3-5-9/h1-6,14H,7H2. The first-order chi connectivity index (χ1) is 6.83. The fraction of sp³-hybridized carbons (Fsp3) is 0.100. The van der Waals surface area contributed by atoms with Gasteiger partial charge in [-0.05, 0) is 12.1 Å². The highest BCUT2D eigenvalue weighted by molar-refractivity contribution is 6.30. The van der Waals surface area contributed by atoms with Crippen LogP contribution in [0.25, 0.3) is 5.69 Å². The quantitative estimate of drug-likeness (QED) is 0.820. The van der Waals surface area contributed by atoms with Crippen molar-refractivity contribution in [1.29, 1.82) is 0 Å². The van der Waals surface area contributed by atoms with Crippen molar-refractivity contribution in [3.63, 3.8) is 0 Å². The van der Waals surface area contributed by atoms with Gasteiger partial charge in [0.25, 0.3) is 0 Å². The summed E-state index contributed by atoms with van der Waals surface area (Å²) in [7, 11) is 0. The first-order valence-corrected chi connectivity index (χ1v) is 4.59. The minimum Gasteiger partial charge on any atom is -0.392 e. The lowest BCUT2D eigenvalue weighted by Crippen LogP contribution is -1.95. The number of halogens is 1. The largest absolute Gasteiger partial charge is 0.392 e. The molecule has 0 atom stereocenters. The van der Waals surface area contributed by atoms with E-state index in [4.69, 9.17) is 16.7 Å². The normalized spacial score (nSPS) is 10.4. The Morgan fingerprint density at radius 3 is 2.57 bits per heavy atom. The van der Waals surface area contributed by atoms with Crippen molar-refractivity contribution in [3.8, 4) is 5.69 Å². The number of benzene rings is 1. The van der Waals surface area contributed by atoms with Crippen LogP contribution in [-0.2, 0) is 6.61 Å². The molecule has 0 spiro atoms. The van der Waals surface area contributed by atoms with Crippen LogP contribution in [0.3, 0.4) is 0 Å². The molecule has 72 valence electrons. The molecule has 0 aliphatic heterocycles. The Bertz CT molecular complexity index is 425. The van der Waals surface area contributed by atoms with E-state index in [9.17, 15) is 0 Å². The summed E-state index contributed by atoms with van der Waals surface area (Å²) in [5.41, 5.74) is 1.52. The van der Waals surface area contributed by atoms with Crippen LogP contribution >= 0.6 is 11.6 Å². The third-order valence-corrected chi connectivity index (χ3v) is 2.35. The SMILES string of the molecule is OCc1cnn(-c2ccccc2)c1Cl. The molecule has 0 amide bonds. The van der Waals surface area contributed by atoms with E-state index in [1.165, 1.54) is 0 Å². The zero-order chi connectivity index (χ0) is 9.97. The van der Waals surface area contributed by atoms with Crippen LogP contribution in [0.1, 0.15) is 5.56 Å². The van der Waals surface area contributed by atoms with Crippen LogP contribution < -0.4 is 0 Å². The Hall–Kier alpha value is -1.32. The molecule has 1 heterocycles. The maximum Gasteiger partial charge on any atom is 0.138 e. The van der Waals surface area contributed by atoms with E-state index < -0.39 is 0 Å². The highest BCUT2D eigenvalue weighted by Gasteiger charge is 2.07. The van der Waals surface area contributed by atoms with Crippen molar-refractivity contribution in [1.82, 2.24) is 9.78 Å². The molecular formula is C10H9ClN2O. The van der Waals surface area contributed by atoms with E-state index in [-0.39, 0.29) is 6.61 Å². The average molecular weight is 209 g/mol. The lowest BCUT2D eigenvalue weighted by Gasteiger charge is -2.02. The molecular weight excluding hydrogens is 200 g/mol. The second-order valence-corrected chi connectivity index (χ2v) is 3.22. The Morgan fingerprint density at radius 2 is 2.00 bits per heavy atom. The monoisotopic (exact) mass is 208 g/mol. The topological polar surface area (TPSA) is 38.1 Å². The predicted molar refractivity (Wildman–Crippen MR) is 54.5 cm³/mol. The van der Waals surface area contributed by atoms with Gasteiger partial charge in [-0.1, -0.05) is 29.8 Å². The first kappa shape index (κ1) is 9.24. The van der Waals surface area contributed by atoms with Crippen molar-refractivity contribution in [2.24, 2.45) is 0 Å². The van der Waals surface area contributed by atoms with Crippen LogP contribution in [0, 0.1) is 0 Å². The number of aromatic nitrogens is 2. The van der Waals surface area contributed by atoms with E-state index in [1.54, 1.807) is 10.9 Å². The van der Waals surface area contributed by atoms with Gasteiger partial charge in [-0.3, -0.25) is 0 Å². The Balaban J connectivity index is 2.48. The summed E-state index contributed by atoms with van der Waals surface area (Å²) in [4.78, 5) is 0. The zero-order valence-electron chi connectivity index (χ0n) is 7.39. The Kier molecular flexibility index (Phi) is 2.52. The van der Waals surface area contributed by atoms with Gasteiger partial charge in [-0.2, -0.15) is 5.10 Å². The minimum absolute atomic E-state index is 0.0916. The van der Waals surface area contributed by atoms with Crippen molar-refractivity contribution >= 4 is 11.6 Å². The highest BCUT2D eigenvalue weighted by atomic mass is 35.5. The Labute approximate surface area is 86.6 Å². The van der Waals surface area contributed by atoms with Gasteiger partial charge < -0.3 is 5.11 Å². The molecule has 0 aliphatic carbocycles. The number of hydrogen-bond donors (Lipinski definition) is 1. The molecule has 0 radical (unpaired) electrons. The summed E-state index contributed by atoms with van der Waals surface area (Å²) < 4.78 is 1.59. The summed E-state index contributed by atoms with van der Waals surface area (Å²) in [6, 6.07) is 9.55. The number of nitrogens with zero attached hydrogens (tertiary/aromatic N) is 2. The molecule has 1 N–H and O–H groups in total. The van der Waals surface area contributed by atoms with E-state index in [0.29, 0.717) is 10.7 Å². The number of aliphatic hydroxyl groups is 1. The summed E-state index contributed by atoms with van der Waals surface area (Å²) in [6.45, 7) is -0.0916. The lowest BCUT2D eigenvalue weighted by molar-refractivity contribution is 0.282. The van der Waals surface area contributed by atoms with Gasteiger partial charge >= 0.3 is 0 Å². The van der Waals surface area contributed by atoms with Crippen molar-refractivity contribution in [3.05, 3.63) is 47.2 Å². The van der Waals surface area contributed by atoms with E-state index in [2.05, 4.69) is 5.10 Å². The maximum atomic E-state index is 8.94. The van der Waals surface area contributed by atoms with Gasteiger partial charge in [0.15, 0.2) is 0 Å². The second kappa shape index (κ2) is 3.82. The van der Waals surface area contributed by atoms with Gasteiger partial charge in [-0.15, -0.1) is 0 Å². The van der Waals surface area contributed by atoms with Crippen molar-refractivity contribution in [2.75, 3.05) is 0 Å². The van der Waals surface area contributed by atoms with Crippen LogP contribution in [0.15, 0.2) is 36.5 Å². The number of aliphatic hydroxyl groups excluding tert-OH is 1. The smallest absolute Gasteiger partial charge is 0.138 e. The number of hydrogen-bond acceptors (Lipinski definition) is 2. The molecule has 14 heavy (non-hydrogen) atoms. The summed E-state index contributed by atoms with van der Waals surface area (Å²) in [6.07, 6.45) is 1.56. The van der Waals surface area contributed by atoms with E-state index >= 15 is 0 Å². The average Bonchev–Trinajstić information content (AvgIpc) is 2.61. The molecule has 1 aromatic carbocycles. The lowest BCUT2D eigenvalue weighted by atomic mass is 10.3. The summed E-state index contributed by atoms with van der Waals surface area (Å²) in [5.74, 6) is 0. The molecule has 1 aromatic heterocycles. The zero-order valence-corrected chi connectivity index (χ0v) is 8.15. The van der Waals surface area contributed by atoms with Gasteiger partial charge in [0.1, 0.15) is 5.15 Å². The van der Waals surface area contributed by atoms with E-state index in [1.807, 2.05) is 30.3 Å². The molecule has 0 saturated carbocycles. The predicted octanol–water partition coefficient (Wildman–Crippen LogP) is 2.02. The molecule has 0 fully saturated rings. The molecule has 3 nitrogen and oxygen atoms in total. The number of rotatable bonds is 2. The molecule has 4 heteroatoms. The molecule has 0 aliphatic rings. The van der Waals surface area contributed by atoms with Gasteiger partial charge in [-0.25, -0.2) is 4.68 Å². The number of para-hydroxylation sites is 1. The van der Waals surface area contributed by atoms with Gasteiger partial charge in [0, 0.05) is 5.56 Å². The fourth-order valence-corrected chi connectivity index (χ4v) is 1.47. The summed E-state index contributed by atoms with van der Waals surface area (Å²) >= 11 is 6.00. The third-order valence-electron chi connectivity index (χ3n) is 1.95. The van der Waals surface area contributed by atoms with Crippen molar-refractivity contribution < 1.29 is 5.11 Å². The fourth-order valence-electron chi connectivity index (χ4n) is 1.22. The van der Waals surface area contributed by atoms with E-state index in [0.717, 1.165) is 5.69 Å². The Morgan fingerprint density at radius 1 is 1.29 bits per heavy atom. The highest BCUT2D eigenvalue weighted by Crippen LogP contribution is 2.19. The first-order valence-electron chi connectivity index (χ1n) is 4.21. The van der Waals surface area contributed by atoms with Gasteiger partial charge in [0.2, 0.25) is 0 Å². The molecule has 0 unspecified atom stereocenters. The molecule has 0 bridgehead atoms. The van der Waals surface area contributed by atoms with Crippen LogP contribution in [0.4, 0.5) is 0 Å². The molecule has 2 aromatic rings. The van der Waals surface area contributed by atoms with Crippen LogP contribution in [-0.4, -0.2) is 14.9 Å². The maximum absolute atomic E-state index is 8.94. The van der Waals surface area contributed by atoms with Crippen LogP contribution in [0.5, 0.6) is 0 Å². The second-order valence-electron chi connectivity index (χ2n) is 2.87. The van der Waals surface area contributed by atoms with Crippen LogP contribution in [0.2, 0.25) is 5.15 Å². The molecule has 0 saturated heterocycles. The molecule has 2 rings (SSSR count). The minimum atomic E-state index is -0.0916.